The monoisotopic (exact) mass is 1010 g/mol. The van der Waals surface area contributed by atoms with Gasteiger partial charge in [0, 0.05) is 80.8 Å². The molecule has 5 rings (SSSR count). The number of thioether (sulfide) groups is 2. The molecule has 2 aromatic rings. The molecule has 0 unspecified atom stereocenters. The second kappa shape index (κ2) is 23.9. The molecule has 3 aliphatic heterocycles. The molecule has 3 fully saturated rings. The molecule has 3 heterocycles. The lowest BCUT2D eigenvalue weighted by atomic mass is 10.0. The highest BCUT2D eigenvalue weighted by molar-refractivity contribution is 8.13. The maximum atomic E-state index is 16.5. The van der Waals surface area contributed by atoms with Gasteiger partial charge in [-0.05, 0) is 73.9 Å². The number of rotatable bonds is 21. The standard InChI is InChI=1S/C43H60F4N5O10PS3/c1-5-7-38(53)64-23-21-61-63(58,62-22-24-65-39(54)8-6-2)43(46,47)32-12-11-29-9-10-30(25-31(29)26-32)40(55)48-35-27-50(28-37(44)45)18-15-34-13-14-36(52(34)41(35)56)42(57)49(3)33-16-19-51(20-17-33)66(4,59)60/h9-12,25-26,33-37H,5-8,13-24,27-28H2,1-4H3,(H,48,55)/t34-,35+,36+/m1/s1. The number of carbonyl (C=O) groups excluding carboxylic acids is 5. The summed E-state index contributed by atoms with van der Waals surface area (Å²) in [7, 11) is -7.11. The Balaban J connectivity index is 1.37. The normalized spacial score (nSPS) is 20.6. The van der Waals surface area contributed by atoms with Gasteiger partial charge in [0.2, 0.25) is 21.8 Å². The highest BCUT2D eigenvalue weighted by Gasteiger charge is 2.55. The summed E-state index contributed by atoms with van der Waals surface area (Å²) >= 11 is 1.71. The molecule has 23 heteroatoms. The molecule has 368 valence electrons. The molecular weight excluding hydrogens is 950 g/mol. The van der Waals surface area contributed by atoms with E-state index in [2.05, 4.69) is 5.32 Å². The van der Waals surface area contributed by atoms with E-state index in [1.807, 2.05) is 13.8 Å². The number of amides is 3. The maximum absolute atomic E-state index is 16.5. The van der Waals surface area contributed by atoms with Crippen LogP contribution in [0.2, 0.25) is 0 Å². The quantitative estimate of drug-likeness (QED) is 0.0810. The van der Waals surface area contributed by atoms with Crippen molar-refractivity contribution in [1.29, 1.82) is 0 Å². The molecule has 0 aliphatic carbocycles. The summed E-state index contributed by atoms with van der Waals surface area (Å²) < 4.78 is 111. The largest absolute Gasteiger partial charge is 0.404 e. The number of carbonyl (C=O) groups is 5. The van der Waals surface area contributed by atoms with Crippen LogP contribution >= 0.6 is 31.1 Å². The van der Waals surface area contributed by atoms with Crippen LogP contribution in [0.5, 0.6) is 0 Å². The molecule has 0 bridgehead atoms. The van der Waals surface area contributed by atoms with Gasteiger partial charge in [0.15, 0.2) is 10.2 Å². The lowest BCUT2D eigenvalue weighted by Gasteiger charge is -2.41. The Morgan fingerprint density at radius 2 is 1.50 bits per heavy atom. The molecule has 3 atom stereocenters. The summed E-state index contributed by atoms with van der Waals surface area (Å²) in [6, 6.07) is 4.54. The van der Waals surface area contributed by atoms with E-state index in [9.17, 15) is 45.7 Å². The molecular formula is C43H60F4N5O10PS3. The minimum Gasteiger partial charge on any atom is -0.341 e. The summed E-state index contributed by atoms with van der Waals surface area (Å²) in [6.45, 7) is 2.28. The zero-order chi connectivity index (χ0) is 48.4. The molecule has 1 N–H and O–H groups in total. The van der Waals surface area contributed by atoms with E-state index in [0.717, 1.165) is 41.9 Å². The number of halogens is 4. The van der Waals surface area contributed by atoms with Gasteiger partial charge in [0.25, 0.3) is 12.3 Å². The van der Waals surface area contributed by atoms with Gasteiger partial charge < -0.3 is 24.2 Å². The lowest BCUT2D eigenvalue weighted by molar-refractivity contribution is -0.148. The van der Waals surface area contributed by atoms with Crippen LogP contribution in [0.3, 0.4) is 0 Å². The van der Waals surface area contributed by atoms with Gasteiger partial charge in [0.05, 0.1) is 26.0 Å². The molecule has 0 saturated carbocycles. The predicted molar refractivity (Wildman–Crippen MR) is 246 cm³/mol. The zero-order valence-corrected chi connectivity index (χ0v) is 41.0. The maximum Gasteiger partial charge on any atom is 0.404 e. The molecule has 3 aliphatic rings. The molecule has 0 aromatic heterocycles. The van der Waals surface area contributed by atoms with Crippen molar-refractivity contribution < 1.29 is 63.6 Å². The van der Waals surface area contributed by atoms with Gasteiger partial charge in [-0.2, -0.15) is 8.78 Å². The van der Waals surface area contributed by atoms with Crippen molar-refractivity contribution in [2.75, 3.05) is 70.7 Å². The van der Waals surface area contributed by atoms with E-state index < -0.39 is 85.0 Å². The van der Waals surface area contributed by atoms with Crippen LogP contribution < -0.4 is 5.32 Å². The van der Waals surface area contributed by atoms with E-state index >= 15 is 8.78 Å². The first kappa shape index (κ1) is 53.8. The van der Waals surface area contributed by atoms with Crippen molar-refractivity contribution in [3.8, 4) is 0 Å². The fourth-order valence-corrected chi connectivity index (χ4v) is 12.6. The van der Waals surface area contributed by atoms with Crippen molar-refractivity contribution >= 4 is 79.9 Å². The SMILES string of the molecule is CCCC(=O)SCCOP(=O)(OCCSC(=O)CCC)C(F)(F)c1ccc2ccc(C(=O)N[C@H]3CN(CC(F)F)CC[C@H]4CC[C@@H](C(=O)N(C)C5CCN(S(C)(=O)=O)CC5)N4C3=O)cc2c1. The van der Waals surface area contributed by atoms with E-state index in [-0.39, 0.29) is 83.7 Å². The van der Waals surface area contributed by atoms with Gasteiger partial charge in [-0.1, -0.05) is 55.6 Å². The summed E-state index contributed by atoms with van der Waals surface area (Å²) in [5.41, 5.74) is -5.07. The van der Waals surface area contributed by atoms with Crippen LogP contribution in [0, 0.1) is 0 Å². The first-order chi connectivity index (χ1) is 31.2. The Morgan fingerprint density at radius 3 is 2.08 bits per heavy atom. The third kappa shape index (κ3) is 13.8. The average Bonchev–Trinajstić information content (AvgIpc) is 3.69. The fourth-order valence-electron chi connectivity index (χ4n) is 8.48. The summed E-state index contributed by atoms with van der Waals surface area (Å²) in [5, 5.41) is 2.84. The van der Waals surface area contributed by atoms with Crippen LogP contribution in [0.1, 0.15) is 87.6 Å². The summed E-state index contributed by atoms with van der Waals surface area (Å²) in [4.78, 5) is 71.0. The highest BCUT2D eigenvalue weighted by Crippen LogP contribution is 2.67. The van der Waals surface area contributed by atoms with E-state index in [0.29, 0.717) is 50.3 Å². The predicted octanol–water partition coefficient (Wildman–Crippen LogP) is 6.55. The Labute approximate surface area is 392 Å². The average molecular weight is 1010 g/mol. The molecule has 3 amide bonds. The second-order valence-electron chi connectivity index (χ2n) is 16.7. The van der Waals surface area contributed by atoms with Crippen molar-refractivity contribution in [2.24, 2.45) is 0 Å². The van der Waals surface area contributed by atoms with Crippen LogP contribution in [0.15, 0.2) is 36.4 Å². The van der Waals surface area contributed by atoms with Crippen LogP contribution in [0.25, 0.3) is 10.8 Å². The van der Waals surface area contributed by atoms with Crippen molar-refractivity contribution in [1.82, 2.24) is 24.3 Å². The van der Waals surface area contributed by atoms with Crippen molar-refractivity contribution in [3.63, 3.8) is 0 Å². The Bertz CT molecular complexity index is 2190. The molecule has 66 heavy (non-hydrogen) atoms. The zero-order valence-electron chi connectivity index (χ0n) is 37.6. The first-order valence-corrected chi connectivity index (χ1v) is 27.5. The van der Waals surface area contributed by atoms with E-state index in [1.165, 1.54) is 38.4 Å². The second-order valence-corrected chi connectivity index (χ2v) is 23.1. The van der Waals surface area contributed by atoms with Crippen LogP contribution in [-0.4, -0.2) is 157 Å². The molecule has 15 nitrogen and oxygen atoms in total. The summed E-state index contributed by atoms with van der Waals surface area (Å²) in [5.74, 6) is -1.92. The highest BCUT2D eigenvalue weighted by atomic mass is 32.2. The molecule has 3 saturated heterocycles. The number of piperidine rings is 1. The van der Waals surface area contributed by atoms with Crippen LogP contribution in [0.4, 0.5) is 17.6 Å². The van der Waals surface area contributed by atoms with E-state index in [1.54, 1.807) is 11.9 Å². The number of likely N-dealkylation sites (N-methyl/N-ethyl adjacent to an activating group) is 1. The topological polar surface area (TPSA) is 180 Å². The first-order valence-electron chi connectivity index (χ1n) is 22.2. The van der Waals surface area contributed by atoms with Crippen molar-refractivity contribution in [2.45, 2.75) is 108 Å². The molecule has 0 radical (unpaired) electrons. The van der Waals surface area contributed by atoms with Crippen LogP contribution in [-0.2, 0) is 48.5 Å². The molecule has 2 aromatic carbocycles. The number of alkyl halides is 4. The molecule has 0 spiro atoms. The third-order valence-corrected chi connectivity index (χ3v) is 17.1. The fraction of sp³-hybridized carbons (Fsp3) is 0.651. The number of fused-ring (bicyclic) bond motifs is 2. The summed E-state index contributed by atoms with van der Waals surface area (Å²) in [6.07, 6.45) is 1.92. The number of sulfonamides is 1. The minimum atomic E-state index is -5.32. The third-order valence-electron chi connectivity index (χ3n) is 12.0. The number of hydrogen-bond acceptors (Lipinski definition) is 13. The van der Waals surface area contributed by atoms with Gasteiger partial charge in [-0.15, -0.1) is 0 Å². The van der Waals surface area contributed by atoms with Gasteiger partial charge in [-0.25, -0.2) is 21.5 Å². The Hall–Kier alpha value is -3.11. The minimum absolute atomic E-state index is 0.0631. The smallest absolute Gasteiger partial charge is 0.341 e. The number of benzene rings is 2. The number of nitrogens with one attached hydrogen (secondary N) is 1. The Morgan fingerprint density at radius 1 is 0.894 bits per heavy atom. The Kier molecular flexibility index (Phi) is 19.5. The van der Waals surface area contributed by atoms with Crippen molar-refractivity contribution in [3.05, 3.63) is 47.5 Å². The van der Waals surface area contributed by atoms with E-state index in [4.69, 9.17) is 9.05 Å². The lowest BCUT2D eigenvalue weighted by Crippen LogP contribution is -2.61. The number of hydrogen-bond donors (Lipinski definition) is 1. The van der Waals surface area contributed by atoms with Gasteiger partial charge in [0.1, 0.15) is 12.1 Å². The number of nitrogens with zero attached hydrogens (tertiary/aromatic N) is 4. The van der Waals surface area contributed by atoms with Gasteiger partial charge in [-0.3, -0.25) is 33.4 Å². The van der Waals surface area contributed by atoms with Gasteiger partial charge >= 0.3 is 13.3 Å².